The number of aromatic nitrogens is 1. The van der Waals surface area contributed by atoms with Crippen molar-refractivity contribution in [2.75, 3.05) is 0 Å². The Kier molecular flexibility index (Phi) is 10.7. The number of carbonyl (C=O) groups excluding carboxylic acids is 1. The van der Waals surface area contributed by atoms with Crippen LogP contribution < -0.4 is 10.1 Å². The Balaban J connectivity index is 1.94. The second-order valence-corrected chi connectivity index (χ2v) is 11.0. The van der Waals surface area contributed by atoms with Crippen LogP contribution >= 0.6 is 11.6 Å². The third-order valence-electron chi connectivity index (χ3n) is 7.09. The van der Waals surface area contributed by atoms with E-state index in [0.717, 1.165) is 30.0 Å². The maximum Gasteiger partial charge on any atom is 0.461 e. The number of aliphatic hydroxyl groups excluding tert-OH is 1. The van der Waals surface area contributed by atoms with Crippen LogP contribution in [0.15, 0.2) is 91.3 Å². The van der Waals surface area contributed by atoms with Crippen LogP contribution in [0.1, 0.15) is 44.7 Å². The molecule has 0 unspecified atom stereocenters. The lowest BCUT2D eigenvalue weighted by atomic mass is 9.79. The molecular formula is C33H24ClF9N2O3. The number of aliphatic hydroxyl groups is 1. The molecule has 1 atom stereocenters. The van der Waals surface area contributed by atoms with Gasteiger partial charge in [-0.1, -0.05) is 42.4 Å². The fourth-order valence-corrected chi connectivity index (χ4v) is 4.90. The van der Waals surface area contributed by atoms with Crippen LogP contribution in [-0.2, 0) is 24.6 Å². The normalized spacial score (nSPS) is 13.2. The summed E-state index contributed by atoms with van der Waals surface area (Å²) in [4.78, 5) is 17.9. The van der Waals surface area contributed by atoms with Gasteiger partial charge in [0, 0.05) is 30.7 Å². The minimum absolute atomic E-state index is 0.0642. The molecule has 0 fully saturated rings. The fraction of sp³-hybridized carbons (Fsp3) is 0.212. The first-order chi connectivity index (χ1) is 22.4. The smallest absolute Gasteiger partial charge is 0.461 e. The summed E-state index contributed by atoms with van der Waals surface area (Å²) in [5, 5.41) is 12.0. The van der Waals surface area contributed by atoms with Gasteiger partial charge in [0.15, 0.2) is 0 Å². The molecule has 0 aliphatic carbocycles. The van der Waals surface area contributed by atoms with E-state index in [0.29, 0.717) is 24.1 Å². The van der Waals surface area contributed by atoms with Crippen molar-refractivity contribution < 1.29 is 54.2 Å². The number of carbonyl (C=O) groups is 1. The number of hydrogen-bond acceptors (Lipinski definition) is 4. The van der Waals surface area contributed by atoms with Crippen molar-refractivity contribution in [1.82, 2.24) is 10.3 Å². The molecule has 4 rings (SSSR count). The SMILES string of the molecule is C=C(O)CCc1ccc(C[C@](NC(=O)c2ccc(F)c(C(F)(F)F)c2)(c2cc(F)cc(OC(F)(F)C(F)F)c2)c2ccc(Cl)cn2)cc1. The number of allylic oxidation sites excluding steroid dienone is 1. The number of alkyl halides is 7. The first kappa shape index (κ1) is 36.1. The zero-order chi connectivity index (χ0) is 35.4. The molecular weight excluding hydrogens is 679 g/mol. The standard InChI is InChI=1S/C33H24ClF9N2O3/c1-18(46)2-3-19-4-6-20(7-5-19)16-31(28-11-9-23(34)17-44-28,22-13-24(35)15-25(14-22)48-33(42,43)30(37)38)45-29(47)21-8-10-27(36)26(12-21)32(39,40)41/h4-15,17,30,46H,1-3,16H2,(H,45,47)/t31-/m0/s1. The van der Waals surface area contributed by atoms with Crippen LogP contribution in [0.5, 0.6) is 5.75 Å². The molecule has 48 heavy (non-hydrogen) atoms. The summed E-state index contributed by atoms with van der Waals surface area (Å²) in [5.74, 6) is -5.35. The molecule has 15 heteroatoms. The molecule has 0 spiro atoms. The minimum Gasteiger partial charge on any atom is -0.513 e. The van der Waals surface area contributed by atoms with Crippen molar-refractivity contribution in [2.45, 2.75) is 43.5 Å². The van der Waals surface area contributed by atoms with E-state index in [-0.39, 0.29) is 35.4 Å². The Bertz CT molecular complexity index is 1780. The topological polar surface area (TPSA) is 71.5 Å². The molecule has 0 saturated heterocycles. The minimum atomic E-state index is -5.19. The number of benzene rings is 3. The molecule has 0 bridgehead atoms. The summed E-state index contributed by atoms with van der Waals surface area (Å²) in [6.45, 7) is 3.42. The van der Waals surface area contributed by atoms with Crippen LogP contribution in [0.3, 0.4) is 0 Å². The predicted molar refractivity (Wildman–Crippen MR) is 157 cm³/mol. The number of nitrogens with one attached hydrogen (secondary N) is 1. The van der Waals surface area contributed by atoms with Crippen molar-refractivity contribution in [3.8, 4) is 5.75 Å². The van der Waals surface area contributed by atoms with Crippen LogP contribution in [-0.4, -0.2) is 28.5 Å². The second kappa shape index (κ2) is 14.2. The number of amides is 1. The number of aryl methyl sites for hydroxylation is 1. The number of pyridine rings is 1. The van der Waals surface area contributed by atoms with Gasteiger partial charge in [-0.15, -0.1) is 0 Å². The van der Waals surface area contributed by atoms with Gasteiger partial charge in [-0.25, -0.2) is 8.78 Å². The van der Waals surface area contributed by atoms with E-state index in [4.69, 9.17) is 11.6 Å². The third-order valence-corrected chi connectivity index (χ3v) is 7.32. The first-order valence-electron chi connectivity index (χ1n) is 13.8. The summed E-state index contributed by atoms with van der Waals surface area (Å²) in [6.07, 6.45) is -13.2. The lowest BCUT2D eigenvalue weighted by Crippen LogP contribution is -2.49. The molecule has 0 aliphatic heterocycles. The molecule has 4 aromatic rings. The predicted octanol–water partition coefficient (Wildman–Crippen LogP) is 9.19. The Morgan fingerprint density at radius 3 is 2.19 bits per heavy atom. The van der Waals surface area contributed by atoms with E-state index in [1.807, 2.05) is 0 Å². The van der Waals surface area contributed by atoms with Crippen molar-refractivity contribution in [3.05, 3.63) is 141 Å². The van der Waals surface area contributed by atoms with Gasteiger partial charge in [-0.2, -0.15) is 30.7 Å². The van der Waals surface area contributed by atoms with Crippen LogP contribution in [0.25, 0.3) is 0 Å². The Labute approximate surface area is 272 Å². The molecule has 5 nitrogen and oxygen atoms in total. The Hall–Kier alpha value is -4.72. The number of ether oxygens (including phenoxy) is 1. The quantitative estimate of drug-likeness (QED) is 0.114. The number of rotatable bonds is 12. The van der Waals surface area contributed by atoms with Gasteiger partial charge in [0.05, 0.1) is 22.0 Å². The molecule has 2 N–H and O–H groups in total. The van der Waals surface area contributed by atoms with Gasteiger partial charge in [0.1, 0.15) is 22.9 Å². The van der Waals surface area contributed by atoms with Crippen molar-refractivity contribution in [2.24, 2.45) is 0 Å². The molecule has 1 amide bonds. The van der Waals surface area contributed by atoms with Crippen molar-refractivity contribution in [3.63, 3.8) is 0 Å². The maximum atomic E-state index is 15.1. The number of hydrogen-bond donors (Lipinski definition) is 2. The molecule has 254 valence electrons. The van der Waals surface area contributed by atoms with Crippen LogP contribution in [0.4, 0.5) is 39.5 Å². The average Bonchev–Trinajstić information content (AvgIpc) is 2.99. The number of halogens is 10. The van der Waals surface area contributed by atoms with Gasteiger partial charge in [0.25, 0.3) is 5.91 Å². The van der Waals surface area contributed by atoms with E-state index < -0.39 is 64.2 Å². The van der Waals surface area contributed by atoms with Crippen LogP contribution in [0.2, 0.25) is 5.02 Å². The van der Waals surface area contributed by atoms with Gasteiger partial charge in [0.2, 0.25) is 0 Å². The monoisotopic (exact) mass is 702 g/mol. The average molecular weight is 703 g/mol. The summed E-state index contributed by atoms with van der Waals surface area (Å²) in [7, 11) is 0. The van der Waals surface area contributed by atoms with Gasteiger partial charge in [-0.05, 0) is 65.6 Å². The molecule has 0 saturated carbocycles. The first-order valence-corrected chi connectivity index (χ1v) is 14.2. The maximum absolute atomic E-state index is 15.1. The number of nitrogens with zero attached hydrogens (tertiary/aromatic N) is 1. The summed E-state index contributed by atoms with van der Waals surface area (Å²) >= 11 is 6.02. The van der Waals surface area contributed by atoms with E-state index in [9.17, 15) is 45.0 Å². The van der Waals surface area contributed by atoms with Crippen molar-refractivity contribution in [1.29, 1.82) is 0 Å². The molecule has 1 aromatic heterocycles. The zero-order valence-corrected chi connectivity index (χ0v) is 25.2. The summed E-state index contributed by atoms with van der Waals surface area (Å²) in [6, 6.07) is 12.3. The zero-order valence-electron chi connectivity index (χ0n) is 24.4. The largest absolute Gasteiger partial charge is 0.513 e. The highest BCUT2D eigenvalue weighted by molar-refractivity contribution is 6.30. The van der Waals surface area contributed by atoms with E-state index in [2.05, 4.69) is 21.6 Å². The third kappa shape index (κ3) is 8.59. The fourth-order valence-electron chi connectivity index (χ4n) is 4.79. The van der Waals surface area contributed by atoms with E-state index in [1.54, 1.807) is 24.3 Å². The summed E-state index contributed by atoms with van der Waals surface area (Å²) < 4.78 is 128. The lowest BCUT2D eigenvalue weighted by Gasteiger charge is -2.36. The van der Waals surface area contributed by atoms with E-state index >= 15 is 4.39 Å². The summed E-state index contributed by atoms with van der Waals surface area (Å²) in [5.41, 5.74) is -4.04. The molecule has 1 heterocycles. The van der Waals surface area contributed by atoms with Gasteiger partial charge >= 0.3 is 18.7 Å². The van der Waals surface area contributed by atoms with Gasteiger partial charge in [-0.3, -0.25) is 9.78 Å². The molecule has 0 aliphatic rings. The van der Waals surface area contributed by atoms with E-state index in [1.165, 1.54) is 12.1 Å². The Morgan fingerprint density at radius 2 is 1.60 bits per heavy atom. The van der Waals surface area contributed by atoms with Gasteiger partial charge < -0.3 is 15.2 Å². The Morgan fingerprint density at radius 1 is 0.938 bits per heavy atom. The highest BCUT2D eigenvalue weighted by atomic mass is 35.5. The molecule has 0 radical (unpaired) electrons. The van der Waals surface area contributed by atoms with Crippen LogP contribution in [0, 0.1) is 11.6 Å². The highest BCUT2D eigenvalue weighted by Crippen LogP contribution is 2.38. The second-order valence-electron chi connectivity index (χ2n) is 10.6. The molecule has 3 aromatic carbocycles. The van der Waals surface area contributed by atoms with Crippen molar-refractivity contribution >= 4 is 17.5 Å². The lowest BCUT2D eigenvalue weighted by molar-refractivity contribution is -0.253. The highest BCUT2D eigenvalue weighted by Gasteiger charge is 2.45.